The second-order valence-electron chi connectivity index (χ2n) is 6.57. The van der Waals surface area contributed by atoms with Crippen molar-refractivity contribution >= 4 is 23.5 Å². The fourth-order valence-corrected chi connectivity index (χ4v) is 3.41. The zero-order valence-electron chi connectivity index (χ0n) is 17.0. The van der Waals surface area contributed by atoms with E-state index in [0.29, 0.717) is 40.7 Å². The molecule has 30 heavy (non-hydrogen) atoms. The highest BCUT2D eigenvalue weighted by Gasteiger charge is 2.25. The standard InChI is InChI=1S/C22H21N4O4/c1-28-19-10-15(11-20(29-2)22(19)30-3)21(27)16-9-14(17-5-4-8-24-17)6-7-18(16)26-13-23-12-25-26/h4,6-11,13H,5,12H2,1-3H3/q+1. The van der Waals surface area contributed by atoms with Crippen molar-refractivity contribution in [3.05, 3.63) is 59.3 Å². The number of carbonyl (C=O) groups is 1. The van der Waals surface area contributed by atoms with Gasteiger partial charge in [0.15, 0.2) is 23.0 Å². The average molecular weight is 405 g/mol. The summed E-state index contributed by atoms with van der Waals surface area (Å²) in [6.45, 7) is 0.330. The van der Waals surface area contributed by atoms with E-state index in [1.165, 1.54) is 21.3 Å². The highest BCUT2D eigenvalue weighted by Crippen LogP contribution is 2.39. The van der Waals surface area contributed by atoms with Crippen LogP contribution in [0.1, 0.15) is 27.9 Å². The average Bonchev–Trinajstić information content (AvgIpc) is 3.51. The molecule has 0 saturated heterocycles. The van der Waals surface area contributed by atoms with Crippen LogP contribution in [0.4, 0.5) is 5.69 Å². The highest BCUT2D eigenvalue weighted by atomic mass is 16.5. The number of ether oxygens (including phenoxy) is 3. The first-order valence-corrected chi connectivity index (χ1v) is 9.33. The van der Waals surface area contributed by atoms with Crippen LogP contribution in [0.15, 0.2) is 57.7 Å². The van der Waals surface area contributed by atoms with Crippen LogP contribution in [-0.4, -0.2) is 50.5 Å². The summed E-state index contributed by atoms with van der Waals surface area (Å²) in [6, 6.07) is 8.93. The van der Waals surface area contributed by atoms with E-state index in [2.05, 4.69) is 15.1 Å². The fraction of sp³-hybridized carbons (Fsp3) is 0.227. The van der Waals surface area contributed by atoms with Crippen LogP contribution in [0.2, 0.25) is 0 Å². The summed E-state index contributed by atoms with van der Waals surface area (Å²) in [4.78, 5) is 22.1. The van der Waals surface area contributed by atoms with Gasteiger partial charge in [-0.2, -0.15) is 0 Å². The van der Waals surface area contributed by atoms with Gasteiger partial charge in [0.1, 0.15) is 0 Å². The molecule has 4 rings (SSSR count). The number of hydrogen-bond acceptors (Lipinski definition) is 7. The quantitative estimate of drug-likeness (QED) is 0.519. The van der Waals surface area contributed by atoms with E-state index in [1.807, 2.05) is 24.3 Å². The Hall–Kier alpha value is -3.81. The first kappa shape index (κ1) is 19.5. The van der Waals surface area contributed by atoms with E-state index in [4.69, 9.17) is 14.2 Å². The summed E-state index contributed by atoms with van der Waals surface area (Å²) in [7, 11) is 4.55. The maximum Gasteiger partial charge on any atom is 0.308 e. The summed E-state index contributed by atoms with van der Waals surface area (Å²) >= 11 is 0. The monoisotopic (exact) mass is 405 g/mol. The number of rotatable bonds is 7. The van der Waals surface area contributed by atoms with Crippen LogP contribution >= 0.6 is 0 Å². The third kappa shape index (κ3) is 3.47. The molecule has 0 N–H and O–H groups in total. The molecular weight excluding hydrogens is 384 g/mol. The summed E-state index contributed by atoms with van der Waals surface area (Å²) < 4.78 is 17.8. The summed E-state index contributed by atoms with van der Waals surface area (Å²) in [5.41, 5.74) is 3.33. The lowest BCUT2D eigenvalue weighted by Crippen LogP contribution is -2.10. The lowest BCUT2D eigenvalue weighted by Gasteiger charge is -2.14. The molecule has 8 heteroatoms. The molecule has 0 atom stereocenters. The number of aliphatic imine (C=N–C) groups is 2. The largest absolute Gasteiger partial charge is 0.493 e. The van der Waals surface area contributed by atoms with Crippen LogP contribution in [0, 0.1) is 0 Å². The molecule has 2 heterocycles. The van der Waals surface area contributed by atoms with Crippen molar-refractivity contribution in [3.63, 3.8) is 0 Å². The smallest absolute Gasteiger partial charge is 0.308 e. The highest BCUT2D eigenvalue weighted by molar-refractivity contribution is 6.14. The number of allylic oxidation sites excluding steroid dienone is 1. The topological polar surface area (TPSA) is 84.8 Å². The first-order chi connectivity index (χ1) is 14.7. The van der Waals surface area contributed by atoms with E-state index in [0.717, 1.165) is 17.7 Å². The molecule has 0 aromatic heterocycles. The molecule has 0 saturated carbocycles. The van der Waals surface area contributed by atoms with Crippen molar-refractivity contribution in [2.45, 2.75) is 6.42 Å². The number of benzene rings is 2. The molecule has 2 aliphatic heterocycles. The second-order valence-corrected chi connectivity index (χ2v) is 6.57. The lowest BCUT2D eigenvalue weighted by molar-refractivity contribution is -0.373. The maximum absolute atomic E-state index is 13.6. The van der Waals surface area contributed by atoms with Crippen molar-refractivity contribution in [2.75, 3.05) is 28.0 Å². The molecule has 0 aliphatic carbocycles. The predicted octanol–water partition coefficient (Wildman–Crippen LogP) is 3.75. The van der Waals surface area contributed by atoms with Crippen LogP contribution in [-0.2, 0) is 0 Å². The minimum atomic E-state index is -0.201. The number of nitrogens with zero attached hydrogens (tertiary/aromatic N) is 4. The Labute approximate surface area is 173 Å². The molecule has 0 spiro atoms. The SMILES string of the molecule is COc1cc(C(=O)c2cc(C3=NC=CC3)ccc2[N+]2=NCN=C2)cc(OC)c1OC. The summed E-state index contributed by atoms with van der Waals surface area (Å²) in [5.74, 6) is 1.05. The third-order valence-corrected chi connectivity index (χ3v) is 4.88. The summed E-state index contributed by atoms with van der Waals surface area (Å²) in [5, 5.41) is 4.31. The Balaban J connectivity index is 1.84. The molecule has 8 nitrogen and oxygen atoms in total. The van der Waals surface area contributed by atoms with Crippen molar-refractivity contribution in [3.8, 4) is 17.2 Å². The Morgan fingerprint density at radius 2 is 1.80 bits per heavy atom. The predicted molar refractivity (Wildman–Crippen MR) is 112 cm³/mol. The molecule has 0 unspecified atom stereocenters. The molecule has 152 valence electrons. The van der Waals surface area contributed by atoms with Crippen LogP contribution in [0.3, 0.4) is 0 Å². The van der Waals surface area contributed by atoms with Crippen LogP contribution < -0.4 is 14.2 Å². The second kappa shape index (κ2) is 8.28. The van der Waals surface area contributed by atoms with Crippen LogP contribution in [0.25, 0.3) is 0 Å². The van der Waals surface area contributed by atoms with Crippen LogP contribution in [0.5, 0.6) is 17.2 Å². The minimum absolute atomic E-state index is 0.201. The van der Waals surface area contributed by atoms with Gasteiger partial charge in [-0.15, -0.1) is 4.70 Å². The zero-order valence-corrected chi connectivity index (χ0v) is 17.0. The molecule has 0 amide bonds. The van der Waals surface area contributed by atoms with E-state index < -0.39 is 0 Å². The maximum atomic E-state index is 13.6. The van der Waals surface area contributed by atoms with Gasteiger partial charge in [0.05, 0.1) is 32.6 Å². The van der Waals surface area contributed by atoms with E-state index in [1.54, 1.807) is 29.4 Å². The van der Waals surface area contributed by atoms with Gasteiger partial charge in [-0.05, 0) is 35.9 Å². The van der Waals surface area contributed by atoms with Gasteiger partial charge in [-0.3, -0.25) is 9.79 Å². The van der Waals surface area contributed by atoms with E-state index >= 15 is 0 Å². The molecule has 2 aromatic rings. The molecule has 2 aliphatic rings. The van der Waals surface area contributed by atoms with Crippen molar-refractivity contribution in [2.24, 2.45) is 15.1 Å². The Morgan fingerprint density at radius 1 is 1.03 bits per heavy atom. The Kier molecular flexibility index (Phi) is 5.38. The van der Waals surface area contributed by atoms with Gasteiger partial charge in [-0.1, -0.05) is 16.2 Å². The molecular formula is C22H21N4O4+. The van der Waals surface area contributed by atoms with Gasteiger partial charge in [0.2, 0.25) is 5.75 Å². The number of methoxy groups -OCH3 is 3. The molecule has 0 fully saturated rings. The molecule has 0 bridgehead atoms. The van der Waals surface area contributed by atoms with Gasteiger partial charge < -0.3 is 14.2 Å². The Bertz CT molecular complexity index is 1110. The van der Waals surface area contributed by atoms with E-state index in [-0.39, 0.29) is 5.78 Å². The molecule has 0 radical (unpaired) electrons. The fourth-order valence-electron chi connectivity index (χ4n) is 3.41. The first-order valence-electron chi connectivity index (χ1n) is 9.33. The van der Waals surface area contributed by atoms with E-state index in [9.17, 15) is 4.79 Å². The number of hydrogen-bond donors (Lipinski definition) is 0. The third-order valence-electron chi connectivity index (χ3n) is 4.88. The van der Waals surface area contributed by atoms with Gasteiger partial charge in [0.25, 0.3) is 6.67 Å². The van der Waals surface area contributed by atoms with Crippen molar-refractivity contribution in [1.29, 1.82) is 0 Å². The number of ketones is 1. The normalized spacial score (nSPS) is 14.5. The number of carbonyl (C=O) groups excluding carboxylic acids is 1. The van der Waals surface area contributed by atoms with Gasteiger partial charge in [0, 0.05) is 18.2 Å². The van der Waals surface area contributed by atoms with Crippen molar-refractivity contribution in [1.82, 2.24) is 0 Å². The van der Waals surface area contributed by atoms with Gasteiger partial charge >= 0.3 is 6.34 Å². The zero-order chi connectivity index (χ0) is 21.1. The lowest BCUT2D eigenvalue weighted by atomic mass is 9.96. The Morgan fingerprint density at radius 3 is 2.37 bits per heavy atom. The minimum Gasteiger partial charge on any atom is -0.493 e. The number of azo groups is 2. The molecule has 2 aromatic carbocycles. The summed E-state index contributed by atoms with van der Waals surface area (Å²) in [6.07, 6.45) is 6.08. The van der Waals surface area contributed by atoms with Gasteiger partial charge in [-0.25, -0.2) is 0 Å². The van der Waals surface area contributed by atoms with Crippen molar-refractivity contribution < 1.29 is 23.7 Å².